The molecule has 26 heavy (non-hydrogen) atoms. The Morgan fingerprint density at radius 3 is 3.15 bits per heavy atom. The number of pyridine rings is 1. The first-order valence-corrected chi connectivity index (χ1v) is 9.56. The number of hydrogen-bond acceptors (Lipinski definition) is 5. The number of ether oxygens (including phenoxy) is 1. The van der Waals surface area contributed by atoms with Crippen LogP contribution < -0.4 is 5.32 Å². The van der Waals surface area contributed by atoms with Gasteiger partial charge in [-0.15, -0.1) is 0 Å². The fraction of sp³-hybridized carbons (Fsp3) is 0.632. The summed E-state index contributed by atoms with van der Waals surface area (Å²) in [5, 5.41) is 8.87. The smallest absolute Gasteiger partial charge is 0.216 e. The second-order valence-electron chi connectivity index (χ2n) is 7.44. The number of carbonyl (C=O) groups excluding carboxylic acids is 1. The summed E-state index contributed by atoms with van der Waals surface area (Å²) in [5.41, 5.74) is 2.07. The highest BCUT2D eigenvalue weighted by atomic mass is 16.5. The SMILES string of the molecule is CC(=O)NCCn1nc(C2CCN(CC3CCOC3)C2)c2cccnc21. The zero-order valence-corrected chi connectivity index (χ0v) is 15.4. The van der Waals surface area contributed by atoms with Crippen LogP contribution >= 0.6 is 0 Å². The molecule has 2 aliphatic heterocycles. The summed E-state index contributed by atoms with van der Waals surface area (Å²) >= 11 is 0. The van der Waals surface area contributed by atoms with Crippen molar-refractivity contribution in [3.63, 3.8) is 0 Å². The van der Waals surface area contributed by atoms with Crippen molar-refractivity contribution in [1.82, 2.24) is 25.0 Å². The third kappa shape index (κ3) is 3.73. The minimum absolute atomic E-state index is 0.0167. The minimum atomic E-state index is -0.0167. The van der Waals surface area contributed by atoms with Gasteiger partial charge in [0, 0.05) is 50.7 Å². The molecular formula is C19H27N5O2. The highest BCUT2D eigenvalue weighted by Gasteiger charge is 2.30. The lowest BCUT2D eigenvalue weighted by Gasteiger charge is -2.19. The largest absolute Gasteiger partial charge is 0.381 e. The average Bonchev–Trinajstić information content (AvgIpc) is 3.36. The molecule has 2 aromatic rings. The Kier molecular flexibility index (Phi) is 5.17. The highest BCUT2D eigenvalue weighted by molar-refractivity contribution is 5.79. The molecule has 1 N–H and O–H groups in total. The van der Waals surface area contributed by atoms with Crippen LogP contribution in [0.4, 0.5) is 0 Å². The Balaban J connectivity index is 1.48. The third-order valence-corrected chi connectivity index (χ3v) is 5.43. The maximum absolute atomic E-state index is 11.1. The van der Waals surface area contributed by atoms with E-state index in [2.05, 4.69) is 21.3 Å². The van der Waals surface area contributed by atoms with Crippen LogP contribution in [0, 0.1) is 5.92 Å². The van der Waals surface area contributed by atoms with E-state index in [0.29, 0.717) is 24.9 Å². The van der Waals surface area contributed by atoms with E-state index in [0.717, 1.165) is 56.0 Å². The normalized spacial score (nSPS) is 23.7. The number of carbonyl (C=O) groups is 1. The van der Waals surface area contributed by atoms with Crippen molar-refractivity contribution in [2.24, 2.45) is 5.92 Å². The standard InChI is InChI=1S/C19H27N5O2/c1-14(25)20-7-9-24-19-17(3-2-6-21-19)18(22-24)16-4-8-23(12-16)11-15-5-10-26-13-15/h2-3,6,15-16H,4-5,7-13H2,1H3,(H,20,25). The van der Waals surface area contributed by atoms with Crippen LogP contribution in [0.5, 0.6) is 0 Å². The van der Waals surface area contributed by atoms with Gasteiger partial charge in [-0.2, -0.15) is 5.10 Å². The maximum atomic E-state index is 11.1. The summed E-state index contributed by atoms with van der Waals surface area (Å²) < 4.78 is 7.45. The minimum Gasteiger partial charge on any atom is -0.381 e. The first-order valence-electron chi connectivity index (χ1n) is 9.56. The molecule has 7 nitrogen and oxygen atoms in total. The number of amides is 1. The topological polar surface area (TPSA) is 72.3 Å². The molecule has 0 spiro atoms. The third-order valence-electron chi connectivity index (χ3n) is 5.43. The van der Waals surface area contributed by atoms with Gasteiger partial charge in [-0.1, -0.05) is 0 Å². The van der Waals surface area contributed by atoms with E-state index < -0.39 is 0 Å². The number of nitrogens with zero attached hydrogens (tertiary/aromatic N) is 4. The van der Waals surface area contributed by atoms with Crippen LogP contribution in [0.15, 0.2) is 18.3 Å². The predicted molar refractivity (Wildman–Crippen MR) is 98.9 cm³/mol. The van der Waals surface area contributed by atoms with Gasteiger partial charge in [0.1, 0.15) is 0 Å². The lowest BCUT2D eigenvalue weighted by molar-refractivity contribution is -0.118. The Morgan fingerprint density at radius 2 is 2.35 bits per heavy atom. The monoisotopic (exact) mass is 357 g/mol. The number of aromatic nitrogens is 3. The summed E-state index contributed by atoms with van der Waals surface area (Å²) in [4.78, 5) is 18.2. The van der Waals surface area contributed by atoms with Gasteiger partial charge in [-0.3, -0.25) is 4.79 Å². The first-order chi connectivity index (χ1) is 12.7. The molecule has 0 saturated carbocycles. The lowest BCUT2D eigenvalue weighted by atomic mass is 10.0. The average molecular weight is 357 g/mol. The lowest BCUT2D eigenvalue weighted by Crippen LogP contribution is -2.27. The molecule has 4 rings (SSSR count). The quantitative estimate of drug-likeness (QED) is 0.846. The van der Waals surface area contributed by atoms with Crippen molar-refractivity contribution in [2.75, 3.05) is 39.4 Å². The second-order valence-corrected chi connectivity index (χ2v) is 7.44. The summed E-state index contributed by atoms with van der Waals surface area (Å²) in [6.45, 7) is 7.89. The van der Waals surface area contributed by atoms with Crippen LogP contribution in [0.1, 0.15) is 31.4 Å². The summed E-state index contributed by atoms with van der Waals surface area (Å²) in [7, 11) is 0. The van der Waals surface area contributed by atoms with E-state index in [-0.39, 0.29) is 5.91 Å². The molecule has 2 aromatic heterocycles. The molecule has 0 bridgehead atoms. The van der Waals surface area contributed by atoms with E-state index in [9.17, 15) is 4.79 Å². The summed E-state index contributed by atoms with van der Waals surface area (Å²) in [5.74, 6) is 1.12. The van der Waals surface area contributed by atoms with Crippen molar-refractivity contribution in [1.29, 1.82) is 0 Å². The Labute approximate surface area is 153 Å². The fourth-order valence-corrected chi connectivity index (χ4v) is 4.14. The number of nitrogens with one attached hydrogen (secondary N) is 1. The maximum Gasteiger partial charge on any atom is 0.216 e. The van der Waals surface area contributed by atoms with Crippen molar-refractivity contribution >= 4 is 16.9 Å². The number of likely N-dealkylation sites (tertiary alicyclic amines) is 1. The molecule has 1 amide bonds. The molecule has 0 aliphatic carbocycles. The van der Waals surface area contributed by atoms with E-state index in [1.54, 1.807) is 0 Å². The van der Waals surface area contributed by atoms with Gasteiger partial charge in [0.05, 0.1) is 18.8 Å². The van der Waals surface area contributed by atoms with E-state index >= 15 is 0 Å². The molecule has 0 aromatic carbocycles. The van der Waals surface area contributed by atoms with E-state index in [1.807, 2.05) is 16.9 Å². The summed E-state index contributed by atoms with van der Waals surface area (Å²) in [6.07, 6.45) is 4.13. The van der Waals surface area contributed by atoms with Crippen LogP contribution in [0.25, 0.3) is 11.0 Å². The molecule has 140 valence electrons. The molecular weight excluding hydrogens is 330 g/mol. The van der Waals surface area contributed by atoms with Crippen molar-refractivity contribution in [3.05, 3.63) is 24.0 Å². The summed E-state index contributed by atoms with van der Waals surface area (Å²) in [6, 6.07) is 4.10. The van der Waals surface area contributed by atoms with Crippen molar-refractivity contribution in [2.45, 2.75) is 32.2 Å². The van der Waals surface area contributed by atoms with Gasteiger partial charge in [-0.25, -0.2) is 9.67 Å². The van der Waals surface area contributed by atoms with Crippen molar-refractivity contribution in [3.8, 4) is 0 Å². The first kappa shape index (κ1) is 17.4. The fourth-order valence-electron chi connectivity index (χ4n) is 4.14. The molecule has 2 unspecified atom stereocenters. The zero-order chi connectivity index (χ0) is 17.9. The number of fused-ring (bicyclic) bond motifs is 1. The van der Waals surface area contributed by atoms with Crippen LogP contribution in [-0.2, 0) is 16.1 Å². The molecule has 0 radical (unpaired) electrons. The van der Waals surface area contributed by atoms with E-state index in [4.69, 9.17) is 9.84 Å². The molecule has 2 atom stereocenters. The van der Waals surface area contributed by atoms with Gasteiger partial charge in [0.15, 0.2) is 5.65 Å². The molecule has 7 heteroatoms. The van der Waals surface area contributed by atoms with Gasteiger partial charge >= 0.3 is 0 Å². The van der Waals surface area contributed by atoms with Crippen molar-refractivity contribution < 1.29 is 9.53 Å². The predicted octanol–water partition coefficient (Wildman–Crippen LogP) is 1.39. The molecule has 2 saturated heterocycles. The van der Waals surface area contributed by atoms with Gasteiger partial charge in [-0.05, 0) is 37.4 Å². The van der Waals surface area contributed by atoms with Gasteiger partial charge in [0.2, 0.25) is 5.91 Å². The molecule has 2 fully saturated rings. The highest BCUT2D eigenvalue weighted by Crippen LogP contribution is 2.32. The Bertz CT molecular complexity index is 768. The second kappa shape index (κ2) is 7.72. The van der Waals surface area contributed by atoms with Crippen LogP contribution in [0.3, 0.4) is 0 Å². The zero-order valence-electron chi connectivity index (χ0n) is 15.4. The van der Waals surface area contributed by atoms with Gasteiger partial charge < -0.3 is 15.0 Å². The number of hydrogen-bond donors (Lipinski definition) is 1. The number of rotatable bonds is 6. The van der Waals surface area contributed by atoms with Gasteiger partial charge in [0.25, 0.3) is 0 Å². The van der Waals surface area contributed by atoms with E-state index in [1.165, 1.54) is 13.3 Å². The Hall–Kier alpha value is -1.99. The Morgan fingerprint density at radius 1 is 1.42 bits per heavy atom. The molecule has 4 heterocycles. The van der Waals surface area contributed by atoms with Crippen LogP contribution in [0.2, 0.25) is 0 Å². The molecule has 2 aliphatic rings. The van der Waals surface area contributed by atoms with Crippen LogP contribution in [-0.4, -0.2) is 65.0 Å².